The molecule has 0 atom stereocenters. The van der Waals surface area contributed by atoms with Crippen LogP contribution in [0.5, 0.6) is 0 Å². The number of fused-ring (bicyclic) bond motifs is 1. The van der Waals surface area contributed by atoms with E-state index in [-0.39, 0.29) is 5.91 Å². The molecule has 0 saturated heterocycles. The summed E-state index contributed by atoms with van der Waals surface area (Å²) >= 11 is 8.36. The number of carbonyl (C=O) groups is 1. The minimum atomic E-state index is -0.212. The number of benzene rings is 3. The van der Waals surface area contributed by atoms with Crippen LogP contribution in [0.3, 0.4) is 0 Å². The summed E-state index contributed by atoms with van der Waals surface area (Å²) in [7, 11) is 0. The lowest BCUT2D eigenvalue weighted by Crippen LogP contribution is -2.13. The second-order valence-electron chi connectivity index (χ2n) is 7.08. The predicted octanol–water partition coefficient (Wildman–Crippen LogP) is 7.80. The first-order valence-electron chi connectivity index (χ1n) is 9.75. The van der Waals surface area contributed by atoms with E-state index in [0.29, 0.717) is 10.7 Å². The summed E-state index contributed by atoms with van der Waals surface area (Å²) in [5.74, 6) is -0.212. The number of para-hydroxylation sites is 1. The molecule has 2 heterocycles. The van der Waals surface area contributed by atoms with E-state index in [0.717, 1.165) is 42.4 Å². The Kier molecular flexibility index (Phi) is 5.87. The highest BCUT2D eigenvalue weighted by molar-refractivity contribution is 9.10. The van der Waals surface area contributed by atoms with Crippen LogP contribution in [0.15, 0.2) is 93.2 Å². The van der Waals surface area contributed by atoms with Crippen molar-refractivity contribution in [3.8, 4) is 22.5 Å². The molecule has 156 valence electrons. The van der Waals surface area contributed by atoms with Crippen molar-refractivity contribution in [3.63, 3.8) is 0 Å². The minimum absolute atomic E-state index is 0.212. The Balaban J connectivity index is 1.50. The van der Waals surface area contributed by atoms with Crippen LogP contribution in [-0.2, 0) is 0 Å². The molecule has 0 aliphatic rings. The number of thiazole rings is 1. The summed E-state index contributed by atoms with van der Waals surface area (Å²) in [5, 5.41) is 6.26. The van der Waals surface area contributed by atoms with E-state index in [1.807, 2.05) is 84.2 Å². The van der Waals surface area contributed by atoms with Gasteiger partial charge in [0, 0.05) is 30.8 Å². The molecule has 32 heavy (non-hydrogen) atoms. The van der Waals surface area contributed by atoms with Gasteiger partial charge in [-0.25, -0.2) is 9.97 Å². The van der Waals surface area contributed by atoms with Crippen molar-refractivity contribution in [2.75, 3.05) is 5.32 Å². The Morgan fingerprint density at radius 3 is 2.41 bits per heavy atom. The van der Waals surface area contributed by atoms with Crippen LogP contribution < -0.4 is 5.32 Å². The minimum Gasteiger partial charge on any atom is -0.298 e. The first kappa shape index (κ1) is 21.0. The largest absolute Gasteiger partial charge is 0.298 e. The summed E-state index contributed by atoms with van der Waals surface area (Å²) in [6, 6.07) is 25.3. The first-order chi connectivity index (χ1) is 15.6. The van der Waals surface area contributed by atoms with Crippen molar-refractivity contribution in [3.05, 3.63) is 98.8 Å². The van der Waals surface area contributed by atoms with Crippen LogP contribution in [0, 0.1) is 0 Å². The quantitative estimate of drug-likeness (QED) is 0.242. The van der Waals surface area contributed by atoms with Gasteiger partial charge in [0.25, 0.3) is 5.91 Å². The summed E-state index contributed by atoms with van der Waals surface area (Å²) in [6.07, 6.45) is 0. The molecular formula is C25H15Br2N3OS. The Bertz CT molecular complexity index is 1450. The monoisotopic (exact) mass is 563 g/mol. The normalized spacial score (nSPS) is 10.9. The SMILES string of the molecule is O=C(Nc1nc(-c2ccc(Br)cc2)cs1)c1cc(-c2cccc(Br)c2)nc2ccccc12. The van der Waals surface area contributed by atoms with E-state index in [4.69, 9.17) is 4.98 Å². The van der Waals surface area contributed by atoms with Crippen molar-refractivity contribution in [1.82, 2.24) is 9.97 Å². The van der Waals surface area contributed by atoms with Gasteiger partial charge >= 0.3 is 0 Å². The number of pyridine rings is 1. The lowest BCUT2D eigenvalue weighted by atomic mass is 10.0. The number of nitrogens with zero attached hydrogens (tertiary/aromatic N) is 2. The van der Waals surface area contributed by atoms with Crippen LogP contribution in [0.25, 0.3) is 33.4 Å². The molecule has 1 N–H and O–H groups in total. The maximum atomic E-state index is 13.3. The molecule has 3 aromatic carbocycles. The highest BCUT2D eigenvalue weighted by Gasteiger charge is 2.16. The molecular weight excluding hydrogens is 550 g/mol. The molecule has 5 rings (SSSR count). The summed E-state index contributed by atoms with van der Waals surface area (Å²) in [5.41, 5.74) is 4.83. The number of aromatic nitrogens is 2. The summed E-state index contributed by atoms with van der Waals surface area (Å²) < 4.78 is 1.97. The van der Waals surface area contributed by atoms with Gasteiger partial charge in [-0.2, -0.15) is 0 Å². The van der Waals surface area contributed by atoms with Crippen molar-refractivity contribution in [2.45, 2.75) is 0 Å². The second kappa shape index (κ2) is 8.94. The number of amides is 1. The highest BCUT2D eigenvalue weighted by atomic mass is 79.9. The average molecular weight is 565 g/mol. The fourth-order valence-corrected chi connectivity index (χ4v) is 4.79. The van der Waals surface area contributed by atoms with E-state index < -0.39 is 0 Å². The topological polar surface area (TPSA) is 54.9 Å². The third-order valence-corrected chi connectivity index (χ3v) is 6.73. The van der Waals surface area contributed by atoms with E-state index >= 15 is 0 Å². The fourth-order valence-electron chi connectivity index (χ4n) is 3.41. The molecule has 0 saturated carbocycles. The third-order valence-electron chi connectivity index (χ3n) is 4.95. The van der Waals surface area contributed by atoms with Crippen LogP contribution in [0.2, 0.25) is 0 Å². The van der Waals surface area contributed by atoms with Gasteiger partial charge in [0.05, 0.1) is 22.5 Å². The van der Waals surface area contributed by atoms with E-state index in [1.54, 1.807) is 0 Å². The van der Waals surface area contributed by atoms with Gasteiger partial charge in [-0.1, -0.05) is 74.3 Å². The lowest BCUT2D eigenvalue weighted by Gasteiger charge is -2.10. The average Bonchev–Trinajstić information content (AvgIpc) is 3.27. The molecule has 0 aliphatic heterocycles. The summed E-state index contributed by atoms with van der Waals surface area (Å²) in [4.78, 5) is 22.6. The number of halogens is 2. The number of rotatable bonds is 4. The standard InChI is InChI=1S/C25H15Br2N3OS/c26-17-10-8-15(9-11-17)23-14-32-25(29-23)30-24(31)20-13-22(16-4-3-5-18(27)12-16)28-21-7-2-1-6-19(20)21/h1-14H,(H,29,30,31). The third kappa shape index (κ3) is 4.37. The Morgan fingerprint density at radius 2 is 1.59 bits per heavy atom. The Hall–Kier alpha value is -2.87. The number of carbonyl (C=O) groups excluding carboxylic acids is 1. The fraction of sp³-hybridized carbons (Fsp3) is 0. The van der Waals surface area contributed by atoms with Gasteiger partial charge < -0.3 is 0 Å². The molecule has 2 aromatic heterocycles. The van der Waals surface area contributed by atoms with E-state index in [1.165, 1.54) is 11.3 Å². The zero-order chi connectivity index (χ0) is 22.1. The number of anilines is 1. The smallest absolute Gasteiger partial charge is 0.258 e. The molecule has 5 aromatic rings. The van der Waals surface area contributed by atoms with Crippen LogP contribution in [0.4, 0.5) is 5.13 Å². The number of hydrogen-bond acceptors (Lipinski definition) is 4. The van der Waals surface area contributed by atoms with Crippen molar-refractivity contribution in [2.24, 2.45) is 0 Å². The Morgan fingerprint density at radius 1 is 0.781 bits per heavy atom. The van der Waals surface area contributed by atoms with Gasteiger partial charge in [-0.3, -0.25) is 10.1 Å². The molecule has 0 radical (unpaired) electrons. The van der Waals surface area contributed by atoms with Crippen LogP contribution >= 0.6 is 43.2 Å². The van der Waals surface area contributed by atoms with Crippen molar-refractivity contribution < 1.29 is 4.79 Å². The zero-order valence-electron chi connectivity index (χ0n) is 16.5. The summed E-state index contributed by atoms with van der Waals surface area (Å²) in [6.45, 7) is 0. The molecule has 0 fully saturated rings. The number of hydrogen-bond donors (Lipinski definition) is 1. The number of nitrogens with one attached hydrogen (secondary N) is 1. The first-order valence-corrected chi connectivity index (χ1v) is 12.2. The molecule has 4 nitrogen and oxygen atoms in total. The van der Waals surface area contributed by atoms with Gasteiger partial charge in [0.15, 0.2) is 5.13 Å². The van der Waals surface area contributed by atoms with E-state index in [2.05, 4.69) is 42.2 Å². The zero-order valence-corrected chi connectivity index (χ0v) is 20.5. The molecule has 0 spiro atoms. The van der Waals surface area contributed by atoms with E-state index in [9.17, 15) is 4.79 Å². The molecule has 7 heteroatoms. The van der Waals surface area contributed by atoms with Crippen LogP contribution in [0.1, 0.15) is 10.4 Å². The second-order valence-corrected chi connectivity index (χ2v) is 9.77. The maximum absolute atomic E-state index is 13.3. The van der Waals surface area contributed by atoms with Crippen molar-refractivity contribution >= 4 is 65.1 Å². The van der Waals surface area contributed by atoms with Gasteiger partial charge in [0.1, 0.15) is 0 Å². The molecule has 0 aliphatic carbocycles. The van der Waals surface area contributed by atoms with Gasteiger partial charge in [-0.15, -0.1) is 11.3 Å². The molecule has 0 bridgehead atoms. The molecule has 0 unspecified atom stereocenters. The highest BCUT2D eigenvalue weighted by Crippen LogP contribution is 2.29. The Labute approximate surface area is 205 Å². The van der Waals surface area contributed by atoms with Crippen LogP contribution in [-0.4, -0.2) is 15.9 Å². The predicted molar refractivity (Wildman–Crippen MR) is 138 cm³/mol. The lowest BCUT2D eigenvalue weighted by molar-refractivity contribution is 0.102. The molecule has 1 amide bonds. The van der Waals surface area contributed by atoms with Gasteiger partial charge in [0.2, 0.25) is 0 Å². The van der Waals surface area contributed by atoms with Gasteiger partial charge in [-0.05, 0) is 36.4 Å². The van der Waals surface area contributed by atoms with Crippen molar-refractivity contribution in [1.29, 1.82) is 0 Å². The maximum Gasteiger partial charge on any atom is 0.258 e.